The summed E-state index contributed by atoms with van der Waals surface area (Å²) < 4.78 is 2.21. The van der Waals surface area contributed by atoms with E-state index in [0.717, 1.165) is 18.5 Å². The number of hydrogen-bond acceptors (Lipinski definition) is 1. The molecule has 0 aromatic carbocycles. The Morgan fingerprint density at radius 1 is 1.50 bits per heavy atom. The number of hydrogen-bond donors (Lipinski definition) is 0. The molecule has 12 heavy (non-hydrogen) atoms. The van der Waals surface area contributed by atoms with Gasteiger partial charge in [-0.25, -0.2) is 0 Å². The van der Waals surface area contributed by atoms with Crippen LogP contribution in [0, 0.1) is 0 Å². The number of aromatic nitrogens is 1. The molecule has 0 bridgehead atoms. The van der Waals surface area contributed by atoms with E-state index in [2.05, 4.69) is 4.57 Å². The zero-order valence-electron chi connectivity index (χ0n) is 7.34. The topological polar surface area (TPSA) is 22.0 Å². The van der Waals surface area contributed by atoms with Gasteiger partial charge in [0.25, 0.3) is 0 Å². The van der Waals surface area contributed by atoms with Crippen LogP contribution in [0.3, 0.4) is 0 Å². The van der Waals surface area contributed by atoms with E-state index in [1.807, 2.05) is 12.3 Å². The lowest BCUT2D eigenvalue weighted by molar-refractivity contribution is 0.101. The number of carbonyl (C=O) groups excluding carboxylic acids is 1. The van der Waals surface area contributed by atoms with E-state index in [4.69, 9.17) is 0 Å². The number of Topliss-reactive ketones (excluding diaryl/α,β-unsaturated/α-hetero) is 1. The highest BCUT2D eigenvalue weighted by Gasteiger charge is 2.14. The van der Waals surface area contributed by atoms with Crippen molar-refractivity contribution >= 4 is 5.78 Å². The number of ketones is 1. The smallest absolute Gasteiger partial charge is 0.161 e. The summed E-state index contributed by atoms with van der Waals surface area (Å²) in [6.45, 7) is 2.73. The van der Waals surface area contributed by atoms with Gasteiger partial charge in [0.1, 0.15) is 0 Å². The molecule has 0 saturated carbocycles. The number of rotatable bonds is 1. The van der Waals surface area contributed by atoms with Crippen molar-refractivity contribution in [3.63, 3.8) is 0 Å². The van der Waals surface area contributed by atoms with Crippen LogP contribution in [0.25, 0.3) is 0 Å². The first-order valence-corrected chi connectivity index (χ1v) is 4.48. The van der Waals surface area contributed by atoms with E-state index < -0.39 is 0 Å². The van der Waals surface area contributed by atoms with Crippen molar-refractivity contribution in [2.45, 2.75) is 32.7 Å². The molecule has 0 saturated heterocycles. The maximum atomic E-state index is 11.2. The largest absolute Gasteiger partial charge is 0.351 e. The molecule has 0 spiro atoms. The van der Waals surface area contributed by atoms with Crippen LogP contribution >= 0.6 is 0 Å². The molecule has 2 heteroatoms. The minimum Gasteiger partial charge on any atom is -0.351 e. The van der Waals surface area contributed by atoms with Crippen LogP contribution < -0.4 is 0 Å². The van der Waals surface area contributed by atoms with Gasteiger partial charge in [-0.2, -0.15) is 0 Å². The maximum absolute atomic E-state index is 11.2. The Bertz CT molecular complexity index is 312. The summed E-state index contributed by atoms with van der Waals surface area (Å²) in [7, 11) is 0. The third kappa shape index (κ3) is 1.07. The summed E-state index contributed by atoms with van der Waals surface area (Å²) in [6, 6.07) is 1.95. The Hall–Kier alpha value is -1.05. The molecule has 1 aliphatic rings. The van der Waals surface area contributed by atoms with Gasteiger partial charge in [-0.1, -0.05) is 0 Å². The van der Waals surface area contributed by atoms with E-state index >= 15 is 0 Å². The van der Waals surface area contributed by atoms with Crippen LogP contribution in [0.4, 0.5) is 0 Å². The van der Waals surface area contributed by atoms with Crippen molar-refractivity contribution in [3.8, 4) is 0 Å². The van der Waals surface area contributed by atoms with Crippen molar-refractivity contribution in [2.24, 2.45) is 0 Å². The minimum atomic E-state index is 0.200. The average molecular weight is 163 g/mol. The van der Waals surface area contributed by atoms with Gasteiger partial charge in [0, 0.05) is 24.0 Å². The monoisotopic (exact) mass is 163 g/mol. The first-order chi connectivity index (χ1) is 5.79. The van der Waals surface area contributed by atoms with E-state index in [-0.39, 0.29) is 5.78 Å². The van der Waals surface area contributed by atoms with E-state index in [9.17, 15) is 4.79 Å². The van der Waals surface area contributed by atoms with Crippen molar-refractivity contribution in [2.75, 3.05) is 0 Å². The van der Waals surface area contributed by atoms with Crippen molar-refractivity contribution in [1.29, 1.82) is 0 Å². The maximum Gasteiger partial charge on any atom is 0.161 e. The molecule has 1 aliphatic heterocycles. The van der Waals surface area contributed by atoms with Gasteiger partial charge in [-0.15, -0.1) is 0 Å². The summed E-state index contributed by atoms with van der Waals surface area (Å²) >= 11 is 0. The van der Waals surface area contributed by atoms with E-state index in [1.165, 1.54) is 18.5 Å². The summed E-state index contributed by atoms with van der Waals surface area (Å²) in [4.78, 5) is 11.2. The second-order valence-electron chi connectivity index (χ2n) is 3.38. The molecule has 64 valence electrons. The van der Waals surface area contributed by atoms with Gasteiger partial charge in [-0.05, 0) is 32.3 Å². The van der Waals surface area contributed by atoms with Gasteiger partial charge in [0.2, 0.25) is 0 Å². The van der Waals surface area contributed by atoms with Gasteiger partial charge in [-0.3, -0.25) is 4.79 Å². The van der Waals surface area contributed by atoms with Crippen LogP contribution in [0.1, 0.15) is 35.8 Å². The molecule has 1 aromatic heterocycles. The molecule has 0 atom stereocenters. The Kier molecular flexibility index (Phi) is 1.75. The fourth-order valence-electron chi connectivity index (χ4n) is 1.89. The van der Waals surface area contributed by atoms with Crippen LogP contribution in [0.15, 0.2) is 12.3 Å². The van der Waals surface area contributed by atoms with E-state index in [0.29, 0.717) is 0 Å². The SMILES string of the molecule is CC(=O)c1ccn2c1CCCC2. The quantitative estimate of drug-likeness (QED) is 0.580. The lowest BCUT2D eigenvalue weighted by atomic mass is 10.1. The van der Waals surface area contributed by atoms with E-state index in [1.54, 1.807) is 6.92 Å². The fourth-order valence-corrected chi connectivity index (χ4v) is 1.89. The molecule has 0 amide bonds. The van der Waals surface area contributed by atoms with Crippen LogP contribution in [-0.4, -0.2) is 10.4 Å². The molecule has 0 fully saturated rings. The number of fused-ring (bicyclic) bond motifs is 1. The highest BCUT2D eigenvalue weighted by atomic mass is 16.1. The van der Waals surface area contributed by atoms with Crippen molar-refractivity contribution in [3.05, 3.63) is 23.5 Å². The second-order valence-corrected chi connectivity index (χ2v) is 3.38. The lowest BCUT2D eigenvalue weighted by Crippen LogP contribution is -2.11. The van der Waals surface area contributed by atoms with Crippen molar-refractivity contribution in [1.82, 2.24) is 4.57 Å². The standard InChI is InChI=1S/C10H13NO/c1-8(12)9-5-7-11-6-3-2-4-10(9)11/h5,7H,2-4,6H2,1H3. The fraction of sp³-hybridized carbons (Fsp3) is 0.500. The van der Waals surface area contributed by atoms with Gasteiger partial charge in [0.15, 0.2) is 5.78 Å². The third-order valence-corrected chi connectivity index (χ3v) is 2.52. The van der Waals surface area contributed by atoms with Crippen LogP contribution in [0.5, 0.6) is 0 Å². The molecular formula is C10H13NO. The Morgan fingerprint density at radius 2 is 2.33 bits per heavy atom. The van der Waals surface area contributed by atoms with Gasteiger partial charge < -0.3 is 4.57 Å². The molecule has 0 radical (unpaired) electrons. The molecule has 2 rings (SSSR count). The molecular weight excluding hydrogens is 150 g/mol. The average Bonchev–Trinajstić information content (AvgIpc) is 2.47. The Labute approximate surface area is 72.2 Å². The Morgan fingerprint density at radius 3 is 3.08 bits per heavy atom. The summed E-state index contributed by atoms with van der Waals surface area (Å²) in [6.07, 6.45) is 5.58. The molecule has 0 N–H and O–H groups in total. The number of carbonyl (C=O) groups is 1. The highest BCUT2D eigenvalue weighted by molar-refractivity contribution is 5.95. The zero-order chi connectivity index (χ0) is 8.55. The zero-order valence-corrected chi connectivity index (χ0v) is 7.34. The van der Waals surface area contributed by atoms with Crippen LogP contribution in [-0.2, 0) is 13.0 Å². The van der Waals surface area contributed by atoms with Gasteiger partial charge in [0.05, 0.1) is 0 Å². The first kappa shape index (κ1) is 7.59. The molecule has 2 heterocycles. The molecule has 2 nitrogen and oxygen atoms in total. The Balaban J connectivity index is 2.44. The minimum absolute atomic E-state index is 0.200. The third-order valence-electron chi connectivity index (χ3n) is 2.52. The summed E-state index contributed by atoms with van der Waals surface area (Å²) in [5, 5.41) is 0. The number of nitrogens with zero attached hydrogens (tertiary/aromatic N) is 1. The van der Waals surface area contributed by atoms with Crippen LogP contribution in [0.2, 0.25) is 0 Å². The molecule has 0 unspecified atom stereocenters. The number of aryl methyl sites for hydroxylation is 1. The summed E-state index contributed by atoms with van der Waals surface area (Å²) in [5.74, 6) is 0.200. The highest BCUT2D eigenvalue weighted by Crippen LogP contribution is 2.19. The summed E-state index contributed by atoms with van der Waals surface area (Å²) in [5.41, 5.74) is 2.17. The van der Waals surface area contributed by atoms with Crippen molar-refractivity contribution < 1.29 is 4.79 Å². The molecule has 0 aliphatic carbocycles. The molecule has 1 aromatic rings. The van der Waals surface area contributed by atoms with Gasteiger partial charge >= 0.3 is 0 Å². The second kappa shape index (κ2) is 2.77. The normalized spacial score (nSPS) is 15.8. The first-order valence-electron chi connectivity index (χ1n) is 4.48. The lowest BCUT2D eigenvalue weighted by Gasteiger charge is -2.15. The predicted octanol–water partition coefficient (Wildman–Crippen LogP) is 2.03. The predicted molar refractivity (Wildman–Crippen MR) is 47.4 cm³/mol.